The maximum absolute atomic E-state index is 11.5. The number of aliphatic carboxylic acids is 1. The molecule has 0 unspecified atom stereocenters. The lowest BCUT2D eigenvalue weighted by molar-refractivity contribution is -0.136. The Bertz CT molecular complexity index is 942. The van der Waals surface area contributed by atoms with Crippen molar-refractivity contribution in [1.82, 2.24) is 9.38 Å². The zero-order chi connectivity index (χ0) is 17.4. The van der Waals surface area contributed by atoms with Gasteiger partial charge in [-0.3, -0.25) is 9.20 Å². The molecule has 1 aliphatic rings. The van der Waals surface area contributed by atoms with E-state index in [2.05, 4.69) is 4.40 Å². The van der Waals surface area contributed by atoms with Gasteiger partial charge in [-0.1, -0.05) is 12.1 Å². The first kappa shape index (κ1) is 16.1. The third kappa shape index (κ3) is 2.80. The third-order valence-corrected chi connectivity index (χ3v) is 5.72. The molecule has 5 nitrogen and oxygen atoms in total. The minimum atomic E-state index is -0.840. The highest BCUT2D eigenvalue weighted by molar-refractivity contribution is 7.17. The van der Waals surface area contributed by atoms with E-state index in [9.17, 15) is 9.90 Å². The molecule has 25 heavy (non-hydrogen) atoms. The lowest BCUT2D eigenvalue weighted by Crippen LogP contribution is -2.09. The van der Waals surface area contributed by atoms with Crippen LogP contribution in [-0.4, -0.2) is 27.1 Å². The van der Waals surface area contributed by atoms with E-state index < -0.39 is 5.97 Å². The number of carboxylic acid groups (broad SMARTS) is 1. The molecule has 2 heterocycles. The van der Waals surface area contributed by atoms with Crippen LogP contribution in [0.1, 0.15) is 36.0 Å². The molecule has 0 bridgehead atoms. The fourth-order valence-corrected chi connectivity index (χ4v) is 4.79. The van der Waals surface area contributed by atoms with Crippen LogP contribution in [0.3, 0.4) is 0 Å². The molecule has 4 rings (SSSR count). The summed E-state index contributed by atoms with van der Waals surface area (Å²) in [5, 5.41) is 9.46. The molecule has 0 amide bonds. The first-order valence-corrected chi connectivity index (χ1v) is 9.46. The van der Waals surface area contributed by atoms with Crippen molar-refractivity contribution >= 4 is 22.3 Å². The summed E-state index contributed by atoms with van der Waals surface area (Å²) < 4.78 is 7.83. The van der Waals surface area contributed by atoms with E-state index in [1.807, 2.05) is 31.2 Å². The van der Waals surface area contributed by atoms with E-state index in [1.165, 1.54) is 17.0 Å². The van der Waals surface area contributed by atoms with E-state index >= 15 is 0 Å². The van der Waals surface area contributed by atoms with Gasteiger partial charge in [-0.05, 0) is 44.7 Å². The van der Waals surface area contributed by atoms with Crippen LogP contribution < -0.4 is 4.74 Å². The summed E-state index contributed by atoms with van der Waals surface area (Å²) in [6.07, 6.45) is 4.37. The largest absolute Gasteiger partial charge is 0.493 e. The first-order chi connectivity index (χ1) is 12.2. The third-order valence-electron chi connectivity index (χ3n) is 4.58. The number of carbonyl (C=O) groups is 1. The summed E-state index contributed by atoms with van der Waals surface area (Å²) in [5.74, 6) is -0.0936. The average Bonchev–Trinajstić information content (AvgIpc) is 3.12. The summed E-state index contributed by atoms with van der Waals surface area (Å²) in [6, 6.07) is 7.72. The van der Waals surface area contributed by atoms with Crippen LogP contribution >= 0.6 is 11.3 Å². The van der Waals surface area contributed by atoms with Gasteiger partial charge in [0.25, 0.3) is 0 Å². The number of rotatable bonds is 5. The molecule has 0 atom stereocenters. The van der Waals surface area contributed by atoms with E-state index in [0.29, 0.717) is 6.61 Å². The zero-order valence-electron chi connectivity index (χ0n) is 14.1. The topological polar surface area (TPSA) is 63.8 Å². The molecule has 6 heteroatoms. The second kappa shape index (κ2) is 6.52. The highest BCUT2D eigenvalue weighted by Gasteiger charge is 2.25. The van der Waals surface area contributed by atoms with Crippen LogP contribution in [0.2, 0.25) is 0 Å². The quantitative estimate of drug-likeness (QED) is 0.751. The molecule has 1 N–H and O–H groups in total. The lowest BCUT2D eigenvalue weighted by Gasteiger charge is -2.13. The number of ether oxygens (including phenoxy) is 1. The van der Waals surface area contributed by atoms with Gasteiger partial charge in [0.2, 0.25) is 0 Å². The van der Waals surface area contributed by atoms with Gasteiger partial charge < -0.3 is 9.84 Å². The van der Waals surface area contributed by atoms with Crippen LogP contribution in [0, 0.1) is 0 Å². The Morgan fingerprint density at radius 3 is 2.92 bits per heavy atom. The van der Waals surface area contributed by atoms with Gasteiger partial charge in [-0.25, -0.2) is 4.98 Å². The first-order valence-electron chi connectivity index (χ1n) is 8.65. The smallest absolute Gasteiger partial charge is 0.309 e. The number of imidazole rings is 1. The number of carboxylic acids is 1. The predicted molar refractivity (Wildman–Crippen MR) is 97.7 cm³/mol. The van der Waals surface area contributed by atoms with Gasteiger partial charge in [-0.15, -0.1) is 11.3 Å². The van der Waals surface area contributed by atoms with E-state index in [4.69, 9.17) is 9.72 Å². The number of nitrogens with zero attached hydrogens (tertiary/aromatic N) is 2. The molecular weight excluding hydrogens is 336 g/mol. The van der Waals surface area contributed by atoms with Crippen molar-refractivity contribution < 1.29 is 14.6 Å². The molecule has 0 fully saturated rings. The van der Waals surface area contributed by atoms with Crippen LogP contribution in [0.5, 0.6) is 5.75 Å². The van der Waals surface area contributed by atoms with E-state index in [1.54, 1.807) is 11.3 Å². The summed E-state index contributed by atoms with van der Waals surface area (Å²) in [4.78, 5) is 18.6. The summed E-state index contributed by atoms with van der Waals surface area (Å²) >= 11 is 1.69. The Hall–Kier alpha value is -2.34. The highest BCUT2D eigenvalue weighted by atomic mass is 32.1. The van der Waals surface area contributed by atoms with Crippen LogP contribution in [-0.2, 0) is 24.1 Å². The van der Waals surface area contributed by atoms with Gasteiger partial charge in [0.1, 0.15) is 5.75 Å². The zero-order valence-corrected chi connectivity index (χ0v) is 14.9. The van der Waals surface area contributed by atoms with Crippen LogP contribution in [0.4, 0.5) is 0 Å². The summed E-state index contributed by atoms with van der Waals surface area (Å²) in [5.41, 5.74) is 3.59. The normalized spacial score (nSPS) is 13.8. The number of hydrogen-bond acceptors (Lipinski definition) is 4. The maximum atomic E-state index is 11.5. The standard InChI is InChI=1S/C19H20N2O3S/c1-2-24-15-9-5-3-7-12(15)18-14(11-17(22)23)21-13-8-4-6-10-16(13)25-19(21)20-18/h3,5,7,9H,2,4,6,8,10-11H2,1H3,(H,22,23). The molecule has 1 aromatic carbocycles. The van der Waals surface area contributed by atoms with Crippen molar-refractivity contribution in [1.29, 1.82) is 0 Å². The van der Waals surface area contributed by atoms with Gasteiger partial charge in [-0.2, -0.15) is 0 Å². The van der Waals surface area contributed by atoms with Crippen molar-refractivity contribution in [2.75, 3.05) is 6.61 Å². The van der Waals surface area contributed by atoms with Crippen LogP contribution in [0.15, 0.2) is 24.3 Å². The van der Waals surface area contributed by atoms with E-state index in [-0.39, 0.29) is 6.42 Å². The molecule has 3 aromatic rings. The van der Waals surface area contributed by atoms with Crippen molar-refractivity contribution in [3.63, 3.8) is 0 Å². The molecule has 1 aliphatic carbocycles. The molecule has 2 aromatic heterocycles. The number of aryl methyl sites for hydroxylation is 2. The van der Waals surface area contributed by atoms with Crippen LogP contribution in [0.25, 0.3) is 16.2 Å². The number of para-hydroxylation sites is 1. The molecule has 0 saturated carbocycles. The minimum absolute atomic E-state index is 0.0415. The van der Waals surface area contributed by atoms with Crippen molar-refractivity contribution in [3.05, 3.63) is 40.5 Å². The summed E-state index contributed by atoms with van der Waals surface area (Å²) in [6.45, 7) is 2.50. The highest BCUT2D eigenvalue weighted by Crippen LogP contribution is 2.38. The number of thiazole rings is 1. The molecule has 0 saturated heterocycles. The summed E-state index contributed by atoms with van der Waals surface area (Å²) in [7, 11) is 0. The second-order valence-electron chi connectivity index (χ2n) is 6.20. The van der Waals surface area contributed by atoms with Gasteiger partial charge in [0.15, 0.2) is 4.96 Å². The van der Waals surface area contributed by atoms with Gasteiger partial charge in [0.05, 0.1) is 24.4 Å². The van der Waals surface area contributed by atoms with Crippen molar-refractivity contribution in [2.45, 2.75) is 39.0 Å². The number of hydrogen-bond donors (Lipinski definition) is 1. The number of benzene rings is 1. The maximum Gasteiger partial charge on any atom is 0.309 e. The van der Waals surface area contributed by atoms with Crippen molar-refractivity contribution in [3.8, 4) is 17.0 Å². The minimum Gasteiger partial charge on any atom is -0.493 e. The second-order valence-corrected chi connectivity index (χ2v) is 7.27. The Labute approximate surface area is 149 Å². The monoisotopic (exact) mass is 356 g/mol. The Morgan fingerprint density at radius 1 is 1.32 bits per heavy atom. The molecule has 0 aliphatic heterocycles. The van der Waals surface area contributed by atoms with Gasteiger partial charge in [0, 0.05) is 16.1 Å². The Morgan fingerprint density at radius 2 is 2.12 bits per heavy atom. The Balaban J connectivity index is 1.95. The number of aromatic nitrogens is 2. The van der Waals surface area contributed by atoms with E-state index in [0.717, 1.165) is 46.9 Å². The predicted octanol–water partition coefficient (Wildman–Crippen LogP) is 3.97. The Kier molecular flexibility index (Phi) is 4.21. The lowest BCUT2D eigenvalue weighted by atomic mass is 10.0. The fourth-order valence-electron chi connectivity index (χ4n) is 3.56. The SMILES string of the molecule is CCOc1ccccc1-c1nc2sc3c(n2c1CC(=O)O)CCCC3. The molecule has 130 valence electrons. The van der Waals surface area contributed by atoms with Crippen molar-refractivity contribution in [2.24, 2.45) is 0 Å². The number of fused-ring (bicyclic) bond motifs is 3. The molecular formula is C19H20N2O3S. The molecule has 0 spiro atoms. The average molecular weight is 356 g/mol. The van der Waals surface area contributed by atoms with Gasteiger partial charge >= 0.3 is 5.97 Å². The molecule has 0 radical (unpaired) electrons. The fraction of sp³-hybridized carbons (Fsp3) is 0.368.